The summed E-state index contributed by atoms with van der Waals surface area (Å²) >= 11 is 0. The van der Waals surface area contributed by atoms with Crippen LogP contribution < -0.4 is 5.32 Å². The molecular weight excluding hydrogens is 218 g/mol. The van der Waals surface area contributed by atoms with Crippen LogP contribution in [0.25, 0.3) is 10.4 Å². The largest absolute Gasteiger partial charge is 0.325 e. The first-order valence-corrected chi connectivity index (χ1v) is 5.14. The normalized spacial score (nSPS) is 9.88. The number of rotatable bonds is 4. The number of nitrogens with zero attached hydrogens (tertiary/aromatic N) is 4. The number of carbonyl (C=O) groups excluding carboxylic acids is 1. The molecule has 6 nitrogen and oxygen atoms in total. The molecule has 0 spiro atoms. The molecule has 0 aliphatic heterocycles. The van der Waals surface area contributed by atoms with Crippen LogP contribution in [0.1, 0.15) is 5.56 Å². The van der Waals surface area contributed by atoms with Crippen LogP contribution in [0.15, 0.2) is 23.3 Å². The molecule has 0 heterocycles. The maximum atomic E-state index is 11.6. The first kappa shape index (κ1) is 13.0. The lowest BCUT2D eigenvalue weighted by Gasteiger charge is -2.12. The molecule has 0 bridgehead atoms. The third-order valence-corrected chi connectivity index (χ3v) is 2.19. The van der Waals surface area contributed by atoms with Crippen molar-refractivity contribution < 1.29 is 4.79 Å². The number of hydrogen-bond acceptors (Lipinski definition) is 3. The quantitative estimate of drug-likeness (QED) is 0.492. The molecule has 0 aliphatic rings. The van der Waals surface area contributed by atoms with E-state index in [0.29, 0.717) is 17.9 Å². The molecule has 1 N–H and O–H groups in total. The standard InChI is InChI=1S/C11H15N5O/c1-8-9(13-11(17)7-16(2)3)5-4-6-10(8)14-15-12/h4-6H,7H2,1-3H3,(H,13,17). The van der Waals surface area contributed by atoms with Gasteiger partial charge in [-0.05, 0) is 38.2 Å². The van der Waals surface area contributed by atoms with Gasteiger partial charge in [0.15, 0.2) is 0 Å². The van der Waals surface area contributed by atoms with Crippen molar-refractivity contribution in [1.82, 2.24) is 4.90 Å². The fraction of sp³-hybridized carbons (Fsp3) is 0.364. The summed E-state index contributed by atoms with van der Waals surface area (Å²) in [6.07, 6.45) is 0. The highest BCUT2D eigenvalue weighted by Gasteiger charge is 2.07. The summed E-state index contributed by atoms with van der Waals surface area (Å²) < 4.78 is 0. The van der Waals surface area contributed by atoms with E-state index in [9.17, 15) is 4.79 Å². The summed E-state index contributed by atoms with van der Waals surface area (Å²) in [5, 5.41) is 6.33. The van der Waals surface area contributed by atoms with Gasteiger partial charge in [0, 0.05) is 16.3 Å². The van der Waals surface area contributed by atoms with Crippen molar-refractivity contribution in [2.75, 3.05) is 26.0 Å². The third-order valence-electron chi connectivity index (χ3n) is 2.19. The van der Waals surface area contributed by atoms with Crippen molar-refractivity contribution in [3.05, 3.63) is 34.2 Å². The lowest BCUT2D eigenvalue weighted by Crippen LogP contribution is -2.27. The Morgan fingerprint density at radius 3 is 2.82 bits per heavy atom. The van der Waals surface area contributed by atoms with Gasteiger partial charge in [0.2, 0.25) is 5.91 Å². The molecule has 0 aromatic heterocycles. The van der Waals surface area contributed by atoms with Gasteiger partial charge >= 0.3 is 0 Å². The summed E-state index contributed by atoms with van der Waals surface area (Å²) in [5.74, 6) is -0.101. The molecule has 0 saturated heterocycles. The fourth-order valence-corrected chi connectivity index (χ4v) is 1.39. The molecule has 90 valence electrons. The smallest absolute Gasteiger partial charge is 0.238 e. The zero-order chi connectivity index (χ0) is 12.8. The molecule has 1 amide bonds. The Morgan fingerprint density at radius 1 is 1.53 bits per heavy atom. The molecule has 0 aliphatic carbocycles. The Hall–Kier alpha value is -2.04. The molecule has 0 radical (unpaired) electrons. The molecule has 1 rings (SSSR count). The summed E-state index contributed by atoms with van der Waals surface area (Å²) in [4.78, 5) is 16.1. The number of benzene rings is 1. The summed E-state index contributed by atoms with van der Waals surface area (Å²) in [5.41, 5.74) is 10.4. The van der Waals surface area contributed by atoms with Gasteiger partial charge in [0.1, 0.15) is 0 Å². The van der Waals surface area contributed by atoms with Gasteiger partial charge < -0.3 is 10.2 Å². The monoisotopic (exact) mass is 233 g/mol. The Morgan fingerprint density at radius 2 is 2.24 bits per heavy atom. The van der Waals surface area contributed by atoms with E-state index in [1.807, 2.05) is 14.1 Å². The zero-order valence-corrected chi connectivity index (χ0v) is 10.1. The summed E-state index contributed by atoms with van der Waals surface area (Å²) in [7, 11) is 3.64. The molecule has 0 saturated carbocycles. The zero-order valence-electron chi connectivity index (χ0n) is 10.1. The molecular formula is C11H15N5O. The molecule has 0 unspecified atom stereocenters. The molecule has 0 fully saturated rings. The minimum absolute atomic E-state index is 0.101. The molecule has 6 heteroatoms. The van der Waals surface area contributed by atoms with Gasteiger partial charge in [-0.15, -0.1) is 0 Å². The van der Waals surface area contributed by atoms with E-state index in [1.165, 1.54) is 0 Å². The first-order valence-electron chi connectivity index (χ1n) is 5.14. The lowest BCUT2D eigenvalue weighted by molar-refractivity contribution is -0.116. The van der Waals surface area contributed by atoms with Crippen LogP contribution in [0.5, 0.6) is 0 Å². The Balaban J connectivity index is 2.88. The summed E-state index contributed by atoms with van der Waals surface area (Å²) in [6.45, 7) is 2.11. The van der Waals surface area contributed by atoms with Gasteiger partial charge in [0.05, 0.1) is 6.54 Å². The van der Waals surface area contributed by atoms with Crippen molar-refractivity contribution in [3.63, 3.8) is 0 Å². The molecule has 1 aromatic rings. The van der Waals surface area contributed by atoms with Gasteiger partial charge in [-0.2, -0.15) is 0 Å². The van der Waals surface area contributed by atoms with Crippen LogP contribution >= 0.6 is 0 Å². The number of amides is 1. The van der Waals surface area contributed by atoms with E-state index in [0.717, 1.165) is 5.56 Å². The van der Waals surface area contributed by atoms with E-state index in [1.54, 1.807) is 30.0 Å². The molecule has 1 aromatic carbocycles. The second-order valence-electron chi connectivity index (χ2n) is 3.93. The summed E-state index contributed by atoms with van der Waals surface area (Å²) in [6, 6.07) is 5.22. The van der Waals surface area contributed by atoms with Crippen LogP contribution in [0.4, 0.5) is 11.4 Å². The number of azide groups is 1. The van der Waals surface area contributed by atoms with Gasteiger partial charge in [0.25, 0.3) is 0 Å². The van der Waals surface area contributed by atoms with Gasteiger partial charge in [-0.25, -0.2) is 0 Å². The number of nitrogens with one attached hydrogen (secondary N) is 1. The maximum Gasteiger partial charge on any atom is 0.238 e. The van der Waals surface area contributed by atoms with Crippen LogP contribution in [0.2, 0.25) is 0 Å². The van der Waals surface area contributed by atoms with Crippen molar-refractivity contribution in [3.8, 4) is 0 Å². The van der Waals surface area contributed by atoms with E-state index in [2.05, 4.69) is 15.3 Å². The Bertz CT molecular complexity index is 463. The Kier molecular flexibility index (Phi) is 4.51. The van der Waals surface area contributed by atoms with Crippen LogP contribution in [0.3, 0.4) is 0 Å². The number of carbonyl (C=O) groups is 1. The highest BCUT2D eigenvalue weighted by atomic mass is 16.2. The number of likely N-dealkylation sites (N-methyl/N-ethyl adjacent to an activating group) is 1. The third kappa shape index (κ3) is 3.79. The van der Waals surface area contributed by atoms with E-state index in [-0.39, 0.29) is 5.91 Å². The number of hydrogen-bond donors (Lipinski definition) is 1. The predicted octanol–water partition coefficient (Wildman–Crippen LogP) is 2.44. The highest BCUT2D eigenvalue weighted by molar-refractivity contribution is 5.93. The topological polar surface area (TPSA) is 81.1 Å². The van der Waals surface area contributed by atoms with Gasteiger partial charge in [-0.1, -0.05) is 17.2 Å². The molecule has 17 heavy (non-hydrogen) atoms. The van der Waals surface area contributed by atoms with Crippen LogP contribution in [-0.4, -0.2) is 31.4 Å². The average Bonchev–Trinajstić information content (AvgIpc) is 2.23. The van der Waals surface area contributed by atoms with Crippen LogP contribution in [-0.2, 0) is 4.79 Å². The minimum atomic E-state index is -0.101. The second kappa shape index (κ2) is 5.89. The van der Waals surface area contributed by atoms with E-state index >= 15 is 0 Å². The van der Waals surface area contributed by atoms with Crippen molar-refractivity contribution in [1.29, 1.82) is 0 Å². The molecule has 0 atom stereocenters. The minimum Gasteiger partial charge on any atom is -0.325 e. The predicted molar refractivity (Wildman–Crippen MR) is 67.2 cm³/mol. The van der Waals surface area contributed by atoms with Crippen molar-refractivity contribution >= 4 is 17.3 Å². The van der Waals surface area contributed by atoms with E-state index < -0.39 is 0 Å². The van der Waals surface area contributed by atoms with E-state index in [4.69, 9.17) is 5.53 Å². The van der Waals surface area contributed by atoms with Crippen molar-refractivity contribution in [2.24, 2.45) is 5.11 Å². The Labute approximate surface area is 99.9 Å². The SMILES string of the molecule is Cc1c(N=[N+]=[N-])cccc1NC(=O)CN(C)C. The van der Waals surface area contributed by atoms with Crippen LogP contribution in [0, 0.1) is 6.92 Å². The highest BCUT2D eigenvalue weighted by Crippen LogP contribution is 2.25. The number of anilines is 1. The van der Waals surface area contributed by atoms with Crippen molar-refractivity contribution in [2.45, 2.75) is 6.92 Å². The second-order valence-corrected chi connectivity index (χ2v) is 3.93. The lowest BCUT2D eigenvalue weighted by atomic mass is 10.1. The maximum absolute atomic E-state index is 11.6. The fourth-order valence-electron chi connectivity index (χ4n) is 1.39. The van der Waals surface area contributed by atoms with Gasteiger partial charge in [-0.3, -0.25) is 4.79 Å². The first-order chi connectivity index (χ1) is 8.04. The average molecular weight is 233 g/mol.